The summed E-state index contributed by atoms with van der Waals surface area (Å²) in [5.41, 5.74) is 7.33. The van der Waals surface area contributed by atoms with E-state index in [-0.39, 0.29) is 29.1 Å². The van der Waals surface area contributed by atoms with Crippen molar-refractivity contribution >= 4 is 17.7 Å². The molecule has 0 bridgehead atoms. The highest BCUT2D eigenvalue weighted by Gasteiger charge is 2.58. The maximum absolute atomic E-state index is 13.5. The molecule has 0 radical (unpaired) electrons. The van der Waals surface area contributed by atoms with Crippen LogP contribution in [0.3, 0.4) is 0 Å². The van der Waals surface area contributed by atoms with Crippen molar-refractivity contribution in [3.63, 3.8) is 0 Å². The van der Waals surface area contributed by atoms with Gasteiger partial charge < -0.3 is 15.1 Å². The second kappa shape index (κ2) is 13.8. The lowest BCUT2D eigenvalue weighted by Gasteiger charge is -2.49. The molecular weight excluding hydrogens is 560 g/mol. The van der Waals surface area contributed by atoms with Crippen LogP contribution >= 0.6 is 0 Å². The topological polar surface area (TPSA) is 83.7 Å². The smallest absolute Gasteiger partial charge is 0.261 e. The molecule has 2 N–H and O–H groups in total. The van der Waals surface area contributed by atoms with Crippen LogP contribution in [-0.4, -0.2) is 85.4 Å². The van der Waals surface area contributed by atoms with E-state index in [1.165, 1.54) is 24.2 Å². The van der Waals surface area contributed by atoms with Crippen LogP contribution in [0.4, 0.5) is 0 Å². The highest BCUT2D eigenvalue weighted by Crippen LogP contribution is 2.54. The van der Waals surface area contributed by atoms with E-state index in [1.807, 2.05) is 30.3 Å². The van der Waals surface area contributed by atoms with Crippen molar-refractivity contribution in [1.82, 2.24) is 9.80 Å². The summed E-state index contributed by atoms with van der Waals surface area (Å²) in [5.74, 6) is -0.387. The Morgan fingerprint density at radius 1 is 0.889 bits per heavy atom. The van der Waals surface area contributed by atoms with Gasteiger partial charge in [0, 0.05) is 12.0 Å². The largest absolute Gasteiger partial charge is 0.369 e. The quantitative estimate of drug-likeness (QED) is 0.162. The number of likely N-dealkylation sites (tertiary alicyclic amines) is 1. The number of nitrogens with two attached hydrogens (primary N) is 1. The monoisotopic (exact) mass is 611 g/mol. The number of nitrogens with zero attached hydrogens (tertiary/aromatic N) is 3. The fourth-order valence-corrected chi connectivity index (χ4v) is 8.10. The molecule has 0 aromatic heterocycles. The fourth-order valence-electron chi connectivity index (χ4n) is 8.10. The van der Waals surface area contributed by atoms with E-state index in [1.54, 1.807) is 12.1 Å². The van der Waals surface area contributed by atoms with Crippen molar-refractivity contribution in [1.29, 1.82) is 0 Å². The molecule has 7 nitrogen and oxygen atoms in total. The summed E-state index contributed by atoms with van der Waals surface area (Å²) in [5, 5.41) is 0. The summed E-state index contributed by atoms with van der Waals surface area (Å²) in [4.78, 5) is 42.9. The molecule has 1 saturated heterocycles. The number of likely N-dealkylation sites (N-methyl/N-ethyl adjacent to an activating group) is 1. The zero-order valence-corrected chi connectivity index (χ0v) is 27.4. The van der Waals surface area contributed by atoms with Gasteiger partial charge in [-0.25, -0.2) is 0 Å². The molecule has 0 saturated carbocycles. The predicted octanol–water partition coefficient (Wildman–Crippen LogP) is 5.58. The molecule has 5 rings (SSSR count). The van der Waals surface area contributed by atoms with Gasteiger partial charge >= 0.3 is 0 Å². The first-order valence-electron chi connectivity index (χ1n) is 16.8. The zero-order chi connectivity index (χ0) is 32.1. The number of allylic oxidation sites excluding steroid dienone is 4. The Bertz CT molecular complexity index is 1400. The zero-order valence-electron chi connectivity index (χ0n) is 27.4. The SMILES string of the molecule is CC1(C(C(N)=O)(c2ccccc2)C2CCN(CCCCCCC[N+](C)(C)CCN3C(=O)c4ccccc4C3=O)C2)C=CC=CC1. The van der Waals surface area contributed by atoms with E-state index >= 15 is 0 Å². The average Bonchev–Trinajstić information content (AvgIpc) is 3.59. The Labute approximate surface area is 269 Å². The van der Waals surface area contributed by atoms with Gasteiger partial charge in [-0.1, -0.05) is 86.5 Å². The number of quaternary nitrogens is 1. The third-order valence-corrected chi connectivity index (χ3v) is 10.7. The molecule has 2 aromatic rings. The van der Waals surface area contributed by atoms with Crippen LogP contribution in [0, 0.1) is 11.3 Å². The highest BCUT2D eigenvalue weighted by atomic mass is 16.2. The Hall–Kier alpha value is -3.55. The molecule has 7 heteroatoms. The molecule has 1 aliphatic carbocycles. The van der Waals surface area contributed by atoms with E-state index < -0.39 is 5.41 Å². The van der Waals surface area contributed by atoms with Crippen molar-refractivity contribution < 1.29 is 18.9 Å². The summed E-state index contributed by atoms with van der Waals surface area (Å²) in [6, 6.07) is 17.3. The number of imide groups is 1. The third kappa shape index (κ3) is 6.70. The maximum atomic E-state index is 13.5. The summed E-state index contributed by atoms with van der Waals surface area (Å²) in [6.45, 7) is 7.37. The van der Waals surface area contributed by atoms with E-state index in [0.29, 0.717) is 17.7 Å². The number of primary amides is 1. The molecule has 2 aromatic carbocycles. The number of amides is 3. The standard InChI is InChI=1S/C38H50N4O3/c1-37(22-13-8-14-23-37)38(36(39)45,30-17-9-7-10-18-30)31-21-25-40(29-31)24-15-5-4-6-16-27-42(2,3)28-26-41-34(43)32-19-11-12-20-33(32)35(41)44/h7-14,17-20,22,31H,4-6,15-16,21,23-29H2,1-3H3,(H-,39,45)/p+1. The number of carbonyl (C=O) groups is 3. The van der Waals surface area contributed by atoms with Crippen molar-refractivity contribution in [3.05, 3.63) is 95.6 Å². The van der Waals surface area contributed by atoms with Crippen LogP contribution < -0.4 is 5.73 Å². The summed E-state index contributed by atoms with van der Waals surface area (Å²) in [7, 11) is 4.37. The van der Waals surface area contributed by atoms with Gasteiger partial charge in [0.15, 0.2) is 0 Å². The molecule has 0 spiro atoms. The van der Waals surface area contributed by atoms with Crippen LogP contribution in [-0.2, 0) is 10.2 Å². The van der Waals surface area contributed by atoms with Crippen LogP contribution in [0.25, 0.3) is 0 Å². The minimum atomic E-state index is -0.755. The molecule has 1 fully saturated rings. The fraction of sp³-hybridized carbons (Fsp3) is 0.500. The Kier molecular flexibility index (Phi) is 10.1. The van der Waals surface area contributed by atoms with Crippen molar-refractivity contribution in [2.24, 2.45) is 17.1 Å². The van der Waals surface area contributed by atoms with Gasteiger partial charge in [0.2, 0.25) is 5.91 Å². The second-order valence-electron chi connectivity index (χ2n) is 14.2. The molecule has 3 aliphatic rings. The Morgan fingerprint density at radius 3 is 2.18 bits per heavy atom. The Morgan fingerprint density at radius 2 is 1.53 bits per heavy atom. The summed E-state index contributed by atoms with van der Waals surface area (Å²) >= 11 is 0. The molecule has 3 amide bonds. The van der Waals surface area contributed by atoms with E-state index in [4.69, 9.17) is 5.73 Å². The van der Waals surface area contributed by atoms with Crippen LogP contribution in [0.15, 0.2) is 78.9 Å². The van der Waals surface area contributed by atoms with E-state index in [0.717, 1.165) is 68.5 Å². The molecular formula is C38H51N4O3+. The number of hydrogen-bond acceptors (Lipinski definition) is 4. The van der Waals surface area contributed by atoms with Gasteiger partial charge in [-0.2, -0.15) is 0 Å². The lowest BCUT2D eigenvalue weighted by molar-refractivity contribution is -0.889. The number of carbonyl (C=O) groups excluding carboxylic acids is 3. The van der Waals surface area contributed by atoms with Gasteiger partial charge in [0.25, 0.3) is 11.8 Å². The molecule has 240 valence electrons. The predicted molar refractivity (Wildman–Crippen MR) is 180 cm³/mol. The van der Waals surface area contributed by atoms with Gasteiger partial charge in [0.1, 0.15) is 0 Å². The summed E-state index contributed by atoms with van der Waals surface area (Å²) in [6.07, 6.45) is 16.1. The normalized spacial score (nSPS) is 23.0. The number of benzene rings is 2. The first-order chi connectivity index (χ1) is 21.6. The molecule has 2 aliphatic heterocycles. The first-order valence-corrected chi connectivity index (χ1v) is 16.8. The van der Waals surface area contributed by atoms with Crippen LogP contribution in [0.5, 0.6) is 0 Å². The van der Waals surface area contributed by atoms with Crippen molar-refractivity contribution in [2.45, 2.75) is 57.3 Å². The third-order valence-electron chi connectivity index (χ3n) is 10.7. The number of hydrogen-bond donors (Lipinski definition) is 1. The highest BCUT2D eigenvalue weighted by molar-refractivity contribution is 6.21. The number of rotatable bonds is 15. The molecule has 3 atom stereocenters. The van der Waals surface area contributed by atoms with Gasteiger partial charge in [-0.05, 0) is 68.8 Å². The average molecular weight is 612 g/mol. The van der Waals surface area contributed by atoms with E-state index in [9.17, 15) is 14.4 Å². The second-order valence-corrected chi connectivity index (χ2v) is 14.2. The number of fused-ring (bicyclic) bond motifs is 1. The van der Waals surface area contributed by atoms with E-state index in [2.05, 4.69) is 62.4 Å². The first kappa shape index (κ1) is 32.8. The van der Waals surface area contributed by atoms with Crippen molar-refractivity contribution in [2.75, 3.05) is 53.4 Å². The molecule has 2 heterocycles. The number of unbranched alkanes of at least 4 members (excludes halogenated alkanes) is 4. The van der Waals surface area contributed by atoms with Gasteiger partial charge in [0.05, 0.1) is 50.3 Å². The lowest BCUT2D eigenvalue weighted by Crippen LogP contribution is -2.58. The Balaban J connectivity index is 1.05. The minimum absolute atomic E-state index is 0.166. The van der Waals surface area contributed by atoms with Gasteiger partial charge in [-0.3, -0.25) is 19.3 Å². The lowest BCUT2D eigenvalue weighted by atomic mass is 9.52. The molecule has 45 heavy (non-hydrogen) atoms. The van der Waals surface area contributed by atoms with Crippen molar-refractivity contribution in [3.8, 4) is 0 Å². The summed E-state index contributed by atoms with van der Waals surface area (Å²) < 4.78 is 0.787. The molecule has 3 unspecified atom stereocenters. The van der Waals surface area contributed by atoms with Gasteiger partial charge in [-0.15, -0.1) is 0 Å². The van der Waals surface area contributed by atoms with Crippen LogP contribution in [0.1, 0.15) is 78.1 Å². The maximum Gasteiger partial charge on any atom is 0.261 e. The minimum Gasteiger partial charge on any atom is -0.369 e. The van der Waals surface area contributed by atoms with Crippen LogP contribution in [0.2, 0.25) is 0 Å².